The third kappa shape index (κ3) is 3.13. The van der Waals surface area contributed by atoms with E-state index in [0.29, 0.717) is 5.69 Å². The number of carboxylic acids is 1. The van der Waals surface area contributed by atoms with Gasteiger partial charge in [0, 0.05) is 11.6 Å². The first-order chi connectivity index (χ1) is 12.4. The SMILES string of the molecule is Cc1c(C(=O)N[C@@H](C(=O)O)C(C)C)nnn1-c1cccc2ncccc12. The first-order valence-corrected chi connectivity index (χ1v) is 8.20. The zero-order valence-electron chi connectivity index (χ0n) is 14.7. The number of hydrogen-bond donors (Lipinski definition) is 2. The average molecular weight is 353 g/mol. The van der Waals surface area contributed by atoms with E-state index in [1.165, 1.54) is 0 Å². The van der Waals surface area contributed by atoms with Gasteiger partial charge in [0.05, 0.1) is 16.9 Å². The highest BCUT2D eigenvalue weighted by Gasteiger charge is 2.27. The summed E-state index contributed by atoms with van der Waals surface area (Å²) in [5.74, 6) is -1.90. The molecule has 0 spiro atoms. The second-order valence-corrected chi connectivity index (χ2v) is 6.32. The molecule has 2 aromatic heterocycles. The van der Waals surface area contributed by atoms with Crippen molar-refractivity contribution in [2.45, 2.75) is 26.8 Å². The third-order valence-electron chi connectivity index (χ3n) is 4.18. The number of amides is 1. The van der Waals surface area contributed by atoms with Crippen LogP contribution >= 0.6 is 0 Å². The van der Waals surface area contributed by atoms with Crippen LogP contribution < -0.4 is 5.32 Å². The van der Waals surface area contributed by atoms with E-state index in [1.807, 2.05) is 30.3 Å². The molecular weight excluding hydrogens is 334 g/mol. The van der Waals surface area contributed by atoms with Crippen LogP contribution in [0, 0.1) is 12.8 Å². The number of benzene rings is 1. The van der Waals surface area contributed by atoms with Gasteiger partial charge in [0.25, 0.3) is 5.91 Å². The minimum absolute atomic E-state index is 0.0952. The first-order valence-electron chi connectivity index (χ1n) is 8.20. The molecule has 8 nitrogen and oxygen atoms in total. The summed E-state index contributed by atoms with van der Waals surface area (Å²) < 4.78 is 1.56. The molecule has 0 bridgehead atoms. The molecule has 0 aliphatic heterocycles. The minimum Gasteiger partial charge on any atom is -0.480 e. The second-order valence-electron chi connectivity index (χ2n) is 6.32. The van der Waals surface area contributed by atoms with Gasteiger partial charge in [-0.2, -0.15) is 0 Å². The summed E-state index contributed by atoms with van der Waals surface area (Å²) in [7, 11) is 0. The summed E-state index contributed by atoms with van der Waals surface area (Å²) in [6, 6.07) is 8.35. The number of fused-ring (bicyclic) bond motifs is 1. The molecule has 0 saturated carbocycles. The van der Waals surface area contributed by atoms with Crippen LogP contribution in [0.25, 0.3) is 16.6 Å². The fraction of sp³-hybridized carbons (Fsp3) is 0.278. The van der Waals surface area contributed by atoms with E-state index in [9.17, 15) is 14.7 Å². The Bertz CT molecular complexity index is 975. The van der Waals surface area contributed by atoms with E-state index in [-0.39, 0.29) is 11.6 Å². The Labute approximate surface area is 149 Å². The monoisotopic (exact) mass is 353 g/mol. The number of hydrogen-bond acceptors (Lipinski definition) is 5. The lowest BCUT2D eigenvalue weighted by atomic mass is 10.0. The molecule has 134 valence electrons. The summed E-state index contributed by atoms with van der Waals surface area (Å²) in [6.45, 7) is 5.17. The fourth-order valence-electron chi connectivity index (χ4n) is 2.76. The summed E-state index contributed by atoms with van der Waals surface area (Å²) in [5, 5.41) is 20.7. The second kappa shape index (κ2) is 6.91. The number of rotatable bonds is 5. The van der Waals surface area contributed by atoms with Crippen molar-refractivity contribution in [3.8, 4) is 5.69 Å². The van der Waals surface area contributed by atoms with Gasteiger partial charge in [0.15, 0.2) is 5.69 Å². The highest BCUT2D eigenvalue weighted by Crippen LogP contribution is 2.21. The van der Waals surface area contributed by atoms with Crippen LogP contribution in [0.5, 0.6) is 0 Å². The average Bonchev–Trinajstić information content (AvgIpc) is 2.99. The quantitative estimate of drug-likeness (QED) is 0.725. The van der Waals surface area contributed by atoms with E-state index in [0.717, 1.165) is 16.6 Å². The molecule has 3 aromatic rings. The lowest BCUT2D eigenvalue weighted by Crippen LogP contribution is -2.44. The van der Waals surface area contributed by atoms with Gasteiger partial charge in [0.2, 0.25) is 0 Å². The van der Waals surface area contributed by atoms with Crippen molar-refractivity contribution in [3.63, 3.8) is 0 Å². The number of carboxylic acid groups (broad SMARTS) is 1. The first kappa shape index (κ1) is 17.5. The van der Waals surface area contributed by atoms with E-state index < -0.39 is 17.9 Å². The molecular formula is C18H19N5O3. The van der Waals surface area contributed by atoms with Crippen LogP contribution in [0.4, 0.5) is 0 Å². The van der Waals surface area contributed by atoms with Crippen LogP contribution in [-0.4, -0.2) is 43.0 Å². The Morgan fingerprint density at radius 1 is 1.19 bits per heavy atom. The highest BCUT2D eigenvalue weighted by atomic mass is 16.4. The van der Waals surface area contributed by atoms with Crippen molar-refractivity contribution in [2.75, 3.05) is 0 Å². The van der Waals surface area contributed by atoms with Gasteiger partial charge in [-0.25, -0.2) is 9.48 Å². The molecule has 0 aliphatic rings. The van der Waals surface area contributed by atoms with Gasteiger partial charge in [-0.1, -0.05) is 25.1 Å². The molecule has 0 radical (unpaired) electrons. The van der Waals surface area contributed by atoms with Crippen LogP contribution in [0.1, 0.15) is 30.0 Å². The number of carbonyl (C=O) groups excluding carboxylic acids is 1. The van der Waals surface area contributed by atoms with Crippen molar-refractivity contribution >= 4 is 22.8 Å². The van der Waals surface area contributed by atoms with Gasteiger partial charge in [0.1, 0.15) is 6.04 Å². The molecule has 2 heterocycles. The van der Waals surface area contributed by atoms with E-state index >= 15 is 0 Å². The van der Waals surface area contributed by atoms with Crippen molar-refractivity contribution in [3.05, 3.63) is 47.9 Å². The Kier molecular flexibility index (Phi) is 4.66. The molecule has 0 unspecified atom stereocenters. The lowest BCUT2D eigenvalue weighted by molar-refractivity contribution is -0.140. The largest absolute Gasteiger partial charge is 0.480 e. The fourth-order valence-corrected chi connectivity index (χ4v) is 2.76. The predicted octanol–water partition coefficient (Wildman–Crippen LogP) is 1.96. The normalized spacial score (nSPS) is 12.3. The smallest absolute Gasteiger partial charge is 0.326 e. The van der Waals surface area contributed by atoms with Crippen LogP contribution in [-0.2, 0) is 4.79 Å². The van der Waals surface area contributed by atoms with Crippen molar-refractivity contribution < 1.29 is 14.7 Å². The summed E-state index contributed by atoms with van der Waals surface area (Å²) in [5.41, 5.74) is 2.17. The Morgan fingerprint density at radius 2 is 1.96 bits per heavy atom. The number of nitrogens with zero attached hydrogens (tertiary/aromatic N) is 4. The third-order valence-corrected chi connectivity index (χ3v) is 4.18. The van der Waals surface area contributed by atoms with Crippen LogP contribution in [0.2, 0.25) is 0 Å². The molecule has 26 heavy (non-hydrogen) atoms. The van der Waals surface area contributed by atoms with E-state index in [2.05, 4.69) is 20.6 Å². The van der Waals surface area contributed by atoms with Crippen molar-refractivity contribution in [2.24, 2.45) is 5.92 Å². The molecule has 0 aliphatic carbocycles. The summed E-state index contributed by atoms with van der Waals surface area (Å²) >= 11 is 0. The zero-order chi connectivity index (χ0) is 18.8. The maximum atomic E-state index is 12.5. The molecule has 0 saturated heterocycles. The Hall–Kier alpha value is -3.29. The van der Waals surface area contributed by atoms with Gasteiger partial charge in [-0.05, 0) is 37.1 Å². The molecule has 1 atom stereocenters. The maximum absolute atomic E-state index is 12.5. The zero-order valence-corrected chi connectivity index (χ0v) is 14.7. The van der Waals surface area contributed by atoms with E-state index in [4.69, 9.17) is 0 Å². The molecule has 1 aromatic carbocycles. The number of nitrogens with one attached hydrogen (secondary N) is 1. The summed E-state index contributed by atoms with van der Waals surface area (Å²) in [4.78, 5) is 28.1. The van der Waals surface area contributed by atoms with E-state index in [1.54, 1.807) is 31.6 Å². The standard InChI is InChI=1S/C18H19N5O3/c1-10(2)15(18(25)26)20-17(24)16-11(3)23(22-21-16)14-8-4-7-13-12(14)6-5-9-19-13/h4-10,15H,1-3H3,(H,20,24)(H,25,26)/t15-/m1/s1. The molecule has 8 heteroatoms. The van der Waals surface area contributed by atoms with Crippen LogP contribution in [0.3, 0.4) is 0 Å². The van der Waals surface area contributed by atoms with Gasteiger partial charge in [-0.15, -0.1) is 5.10 Å². The highest BCUT2D eigenvalue weighted by molar-refractivity contribution is 5.96. The lowest BCUT2D eigenvalue weighted by Gasteiger charge is -2.17. The van der Waals surface area contributed by atoms with Crippen molar-refractivity contribution in [1.29, 1.82) is 0 Å². The number of carbonyl (C=O) groups is 2. The molecule has 1 amide bonds. The van der Waals surface area contributed by atoms with Crippen molar-refractivity contribution in [1.82, 2.24) is 25.3 Å². The molecule has 3 rings (SSSR count). The molecule has 0 fully saturated rings. The Balaban J connectivity index is 1.98. The predicted molar refractivity (Wildman–Crippen MR) is 95.1 cm³/mol. The van der Waals surface area contributed by atoms with Gasteiger partial charge in [-0.3, -0.25) is 9.78 Å². The van der Waals surface area contributed by atoms with Crippen LogP contribution in [0.15, 0.2) is 36.5 Å². The van der Waals surface area contributed by atoms with Gasteiger partial charge < -0.3 is 10.4 Å². The topological polar surface area (TPSA) is 110 Å². The molecule has 2 N–H and O–H groups in total. The maximum Gasteiger partial charge on any atom is 0.326 e. The number of aromatic nitrogens is 4. The van der Waals surface area contributed by atoms with Gasteiger partial charge >= 0.3 is 5.97 Å². The Morgan fingerprint density at radius 3 is 2.65 bits per heavy atom. The summed E-state index contributed by atoms with van der Waals surface area (Å²) in [6.07, 6.45) is 1.71. The minimum atomic E-state index is -1.08. The number of aliphatic carboxylic acids is 1. The number of pyridine rings is 1.